The molecular weight excluding hydrogens is 455 g/mol. The first-order chi connectivity index (χ1) is 15.4. The highest BCUT2D eigenvalue weighted by Gasteiger charge is 2.50. The van der Waals surface area contributed by atoms with Crippen molar-refractivity contribution in [1.82, 2.24) is 5.32 Å². The highest BCUT2D eigenvalue weighted by molar-refractivity contribution is 6.30. The quantitative estimate of drug-likeness (QED) is 0.537. The summed E-state index contributed by atoms with van der Waals surface area (Å²) in [6.45, 7) is 3.87. The van der Waals surface area contributed by atoms with Gasteiger partial charge >= 0.3 is 12.1 Å². The zero-order chi connectivity index (χ0) is 24.4. The van der Waals surface area contributed by atoms with Crippen LogP contribution in [-0.2, 0) is 20.7 Å². The lowest BCUT2D eigenvalue weighted by Crippen LogP contribution is -2.58. The van der Waals surface area contributed by atoms with Gasteiger partial charge in [-0.15, -0.1) is 0 Å². The molecule has 3 rings (SSSR count). The molecule has 0 saturated heterocycles. The van der Waals surface area contributed by atoms with Crippen LogP contribution in [0.25, 0.3) is 11.1 Å². The Balaban J connectivity index is 1.80. The molecule has 2 aromatic rings. The van der Waals surface area contributed by atoms with Gasteiger partial charge < -0.3 is 10.1 Å². The molecule has 0 aliphatic heterocycles. The minimum atomic E-state index is -4.32. The number of nitrogens with one attached hydrogen (secondary N) is 1. The molecule has 33 heavy (non-hydrogen) atoms. The molecule has 2 aromatic carbocycles. The molecule has 0 unspecified atom stereocenters. The highest BCUT2D eigenvalue weighted by Crippen LogP contribution is 2.41. The molecule has 0 bridgehead atoms. The van der Waals surface area contributed by atoms with Gasteiger partial charge in [0.05, 0.1) is 19.4 Å². The van der Waals surface area contributed by atoms with Crippen LogP contribution >= 0.6 is 11.6 Å². The van der Waals surface area contributed by atoms with Gasteiger partial charge in [-0.2, -0.15) is 13.2 Å². The van der Waals surface area contributed by atoms with Crippen molar-refractivity contribution in [3.05, 3.63) is 58.1 Å². The average Bonchev–Trinajstić information content (AvgIpc) is 2.75. The van der Waals surface area contributed by atoms with Crippen molar-refractivity contribution in [3.63, 3.8) is 0 Å². The van der Waals surface area contributed by atoms with E-state index in [9.17, 15) is 22.8 Å². The maximum absolute atomic E-state index is 13.1. The fourth-order valence-electron chi connectivity index (χ4n) is 4.53. The molecular formula is C25H27ClF3NO3. The first-order valence-corrected chi connectivity index (χ1v) is 11.1. The first-order valence-electron chi connectivity index (χ1n) is 10.8. The Morgan fingerprint density at radius 3 is 2.24 bits per heavy atom. The van der Waals surface area contributed by atoms with Crippen LogP contribution in [0.15, 0.2) is 36.4 Å². The van der Waals surface area contributed by atoms with E-state index in [0.29, 0.717) is 5.02 Å². The maximum Gasteiger partial charge on any atom is 0.391 e. The van der Waals surface area contributed by atoms with E-state index >= 15 is 0 Å². The van der Waals surface area contributed by atoms with Gasteiger partial charge in [-0.1, -0.05) is 35.9 Å². The second-order valence-electron chi connectivity index (χ2n) is 8.72. The maximum atomic E-state index is 13.1. The third-order valence-electron chi connectivity index (χ3n) is 6.45. The minimum Gasteiger partial charge on any atom is -0.467 e. The molecule has 1 aliphatic rings. The van der Waals surface area contributed by atoms with E-state index in [1.54, 1.807) is 12.1 Å². The van der Waals surface area contributed by atoms with Crippen molar-refractivity contribution in [1.29, 1.82) is 0 Å². The van der Waals surface area contributed by atoms with Gasteiger partial charge in [-0.25, -0.2) is 4.79 Å². The molecule has 0 aromatic heterocycles. The number of ether oxygens (including phenoxy) is 1. The SMILES string of the molecule is COC(=O)C1(NC(=O)Cc2cc(-c3ccc(Cl)cc3)c(C)cc2C)CCC(C(F)(F)F)CC1. The third-order valence-corrected chi connectivity index (χ3v) is 6.70. The Kier molecular flexibility index (Phi) is 7.42. The van der Waals surface area contributed by atoms with E-state index in [0.717, 1.165) is 27.8 Å². The molecule has 1 aliphatic carbocycles. The van der Waals surface area contributed by atoms with Crippen LogP contribution in [-0.4, -0.2) is 30.7 Å². The predicted octanol–water partition coefficient (Wildman–Crippen LogP) is 5.95. The van der Waals surface area contributed by atoms with E-state index in [1.807, 2.05) is 38.1 Å². The summed E-state index contributed by atoms with van der Waals surface area (Å²) in [4.78, 5) is 25.4. The van der Waals surface area contributed by atoms with Crippen molar-refractivity contribution in [2.45, 2.75) is 57.7 Å². The smallest absolute Gasteiger partial charge is 0.391 e. The predicted molar refractivity (Wildman–Crippen MR) is 121 cm³/mol. The van der Waals surface area contributed by atoms with Crippen molar-refractivity contribution >= 4 is 23.5 Å². The van der Waals surface area contributed by atoms with Crippen molar-refractivity contribution in [2.24, 2.45) is 5.92 Å². The van der Waals surface area contributed by atoms with Crippen molar-refractivity contribution in [2.75, 3.05) is 7.11 Å². The number of rotatable bonds is 5. The number of carbonyl (C=O) groups is 2. The van der Waals surface area contributed by atoms with Crippen LogP contribution in [0, 0.1) is 19.8 Å². The molecule has 4 nitrogen and oxygen atoms in total. The molecule has 1 amide bonds. The number of aryl methyl sites for hydroxylation is 2. The lowest BCUT2D eigenvalue weighted by Gasteiger charge is -2.38. The van der Waals surface area contributed by atoms with Gasteiger partial charge in [0.1, 0.15) is 5.54 Å². The van der Waals surface area contributed by atoms with Crippen molar-refractivity contribution in [3.8, 4) is 11.1 Å². The molecule has 1 fully saturated rings. The van der Waals surface area contributed by atoms with Gasteiger partial charge in [0, 0.05) is 5.02 Å². The van der Waals surface area contributed by atoms with Crippen LogP contribution < -0.4 is 5.32 Å². The molecule has 0 heterocycles. The van der Waals surface area contributed by atoms with Gasteiger partial charge in [0.25, 0.3) is 0 Å². The van der Waals surface area contributed by atoms with Crippen LogP contribution in [0.2, 0.25) is 5.02 Å². The number of hydrogen-bond donors (Lipinski definition) is 1. The average molecular weight is 482 g/mol. The molecule has 0 atom stereocenters. The Morgan fingerprint density at radius 2 is 1.70 bits per heavy atom. The number of esters is 1. The Labute approximate surface area is 196 Å². The molecule has 1 N–H and O–H groups in total. The Bertz CT molecular complexity index is 1030. The number of amides is 1. The summed E-state index contributed by atoms with van der Waals surface area (Å²) in [6, 6.07) is 11.3. The number of alkyl halides is 3. The summed E-state index contributed by atoms with van der Waals surface area (Å²) in [5.74, 6) is -2.62. The molecule has 178 valence electrons. The number of carbonyl (C=O) groups excluding carboxylic acids is 2. The van der Waals surface area contributed by atoms with E-state index in [2.05, 4.69) is 5.32 Å². The molecule has 0 spiro atoms. The Morgan fingerprint density at radius 1 is 1.09 bits per heavy atom. The second kappa shape index (κ2) is 9.75. The van der Waals surface area contributed by atoms with Gasteiger partial charge in [0.15, 0.2) is 0 Å². The standard InChI is InChI=1S/C25H27ClF3NO3/c1-15-12-16(2)21(17-4-6-20(26)7-5-17)13-18(15)14-22(31)30-24(23(32)33-3)10-8-19(9-11-24)25(27,28)29/h4-7,12-13,19H,8-11,14H2,1-3H3,(H,30,31). The van der Waals surface area contributed by atoms with Crippen molar-refractivity contribution < 1.29 is 27.5 Å². The molecule has 1 saturated carbocycles. The zero-order valence-electron chi connectivity index (χ0n) is 18.8. The summed E-state index contributed by atoms with van der Waals surface area (Å²) >= 11 is 5.99. The minimum absolute atomic E-state index is 0.00581. The number of methoxy groups -OCH3 is 1. The topological polar surface area (TPSA) is 55.4 Å². The van der Waals surface area contributed by atoms with Gasteiger partial charge in [-0.05, 0) is 79.5 Å². The summed E-state index contributed by atoms with van der Waals surface area (Å²) in [7, 11) is 1.18. The summed E-state index contributed by atoms with van der Waals surface area (Å²) in [5, 5.41) is 3.34. The van der Waals surface area contributed by atoms with Crippen LogP contribution in [0.3, 0.4) is 0 Å². The number of benzene rings is 2. The lowest BCUT2D eigenvalue weighted by atomic mass is 9.76. The van der Waals surface area contributed by atoms with E-state index in [4.69, 9.17) is 16.3 Å². The van der Waals surface area contributed by atoms with Gasteiger partial charge in [0.2, 0.25) is 5.91 Å². The van der Waals surface area contributed by atoms with Crippen LogP contribution in [0.4, 0.5) is 13.2 Å². The van der Waals surface area contributed by atoms with E-state index in [1.165, 1.54) is 7.11 Å². The molecule has 8 heteroatoms. The van der Waals surface area contributed by atoms with Crippen LogP contribution in [0.1, 0.15) is 42.4 Å². The summed E-state index contributed by atoms with van der Waals surface area (Å²) in [5.41, 5.74) is 3.19. The normalized spacial score (nSPS) is 20.9. The number of hydrogen-bond acceptors (Lipinski definition) is 3. The van der Waals surface area contributed by atoms with Crippen LogP contribution in [0.5, 0.6) is 0 Å². The lowest BCUT2D eigenvalue weighted by molar-refractivity contribution is -0.188. The highest BCUT2D eigenvalue weighted by atomic mass is 35.5. The third kappa shape index (κ3) is 5.69. The fraction of sp³-hybridized carbons (Fsp3) is 0.440. The number of halogens is 4. The van der Waals surface area contributed by atoms with E-state index < -0.39 is 29.5 Å². The first kappa shape index (κ1) is 25.1. The van der Waals surface area contributed by atoms with E-state index in [-0.39, 0.29) is 32.1 Å². The largest absolute Gasteiger partial charge is 0.467 e. The monoisotopic (exact) mass is 481 g/mol. The molecule has 0 radical (unpaired) electrons. The summed E-state index contributed by atoms with van der Waals surface area (Å²) < 4.78 is 44.1. The van der Waals surface area contributed by atoms with Gasteiger partial charge in [-0.3, -0.25) is 4.79 Å². The Hall–Kier alpha value is -2.54. The summed E-state index contributed by atoms with van der Waals surface area (Å²) in [6.07, 6.45) is -5.01. The second-order valence-corrected chi connectivity index (χ2v) is 9.15. The fourth-order valence-corrected chi connectivity index (χ4v) is 4.65. The zero-order valence-corrected chi connectivity index (χ0v) is 19.6.